The van der Waals surface area contributed by atoms with Crippen molar-refractivity contribution in [2.75, 3.05) is 17.2 Å². The van der Waals surface area contributed by atoms with E-state index in [0.717, 1.165) is 11.4 Å². The molecule has 6 nitrogen and oxygen atoms in total. The average molecular weight is 322 g/mol. The third-order valence-electron chi connectivity index (χ3n) is 3.04. The van der Waals surface area contributed by atoms with Crippen molar-refractivity contribution in [3.63, 3.8) is 0 Å². The Balaban J connectivity index is 2.03. The molecule has 0 aliphatic carbocycles. The number of aryl methyl sites for hydroxylation is 1. The van der Waals surface area contributed by atoms with E-state index in [-0.39, 0.29) is 5.57 Å². The lowest BCUT2D eigenvalue weighted by Gasteiger charge is -2.07. The Labute approximate surface area is 140 Å². The molecule has 0 saturated carbocycles. The molecule has 6 heteroatoms. The highest BCUT2D eigenvalue weighted by Gasteiger charge is 2.09. The molecule has 2 rings (SSSR count). The lowest BCUT2D eigenvalue weighted by atomic mass is 10.2. The Morgan fingerprint density at radius 3 is 2.67 bits per heavy atom. The topological polar surface area (TPSA) is 87.0 Å². The minimum absolute atomic E-state index is 0.0489. The molecule has 0 fully saturated rings. The number of nitriles is 1. The molecular formula is C18H18N4O2. The number of carbonyl (C=O) groups is 1. The largest absolute Gasteiger partial charge is 0.494 e. The molecule has 0 aliphatic rings. The normalized spacial score (nSPS) is 10.6. The van der Waals surface area contributed by atoms with E-state index in [1.54, 1.807) is 30.3 Å². The van der Waals surface area contributed by atoms with Crippen molar-refractivity contribution in [2.24, 2.45) is 0 Å². The average Bonchev–Trinajstić information content (AvgIpc) is 2.57. The fourth-order valence-corrected chi connectivity index (χ4v) is 1.92. The maximum atomic E-state index is 12.1. The molecule has 0 unspecified atom stereocenters. The van der Waals surface area contributed by atoms with Crippen molar-refractivity contribution >= 4 is 17.4 Å². The van der Waals surface area contributed by atoms with Crippen LogP contribution in [0.25, 0.3) is 0 Å². The summed E-state index contributed by atoms with van der Waals surface area (Å²) in [6, 6.07) is 14.3. The van der Waals surface area contributed by atoms with Crippen molar-refractivity contribution in [3.05, 3.63) is 59.9 Å². The summed E-state index contributed by atoms with van der Waals surface area (Å²) in [7, 11) is 0. The quantitative estimate of drug-likeness (QED) is 0.630. The van der Waals surface area contributed by atoms with Gasteiger partial charge in [-0.3, -0.25) is 4.79 Å². The second-order valence-corrected chi connectivity index (χ2v) is 4.89. The van der Waals surface area contributed by atoms with Crippen molar-refractivity contribution in [3.8, 4) is 11.8 Å². The van der Waals surface area contributed by atoms with E-state index in [4.69, 9.17) is 10.00 Å². The van der Waals surface area contributed by atoms with Crippen LogP contribution in [0.15, 0.2) is 54.2 Å². The molecule has 0 spiro atoms. The van der Waals surface area contributed by atoms with Crippen molar-refractivity contribution in [2.45, 2.75) is 13.8 Å². The number of ether oxygens (including phenoxy) is 1. The van der Waals surface area contributed by atoms with Crippen LogP contribution in [0.1, 0.15) is 12.6 Å². The summed E-state index contributed by atoms with van der Waals surface area (Å²) in [5.74, 6) is 0.789. The first-order valence-corrected chi connectivity index (χ1v) is 7.47. The number of carbonyl (C=O) groups excluding carboxylic acids is 1. The van der Waals surface area contributed by atoms with E-state index < -0.39 is 5.91 Å². The highest BCUT2D eigenvalue weighted by Crippen LogP contribution is 2.16. The van der Waals surface area contributed by atoms with Crippen LogP contribution in [0.3, 0.4) is 0 Å². The van der Waals surface area contributed by atoms with Gasteiger partial charge in [0.25, 0.3) is 5.91 Å². The molecule has 0 aliphatic heterocycles. The number of nitrogens with one attached hydrogen (secondary N) is 2. The first-order chi connectivity index (χ1) is 11.6. The van der Waals surface area contributed by atoms with Gasteiger partial charge in [0, 0.05) is 17.6 Å². The number of hydrogen-bond acceptors (Lipinski definition) is 5. The molecular weight excluding hydrogens is 304 g/mol. The zero-order chi connectivity index (χ0) is 17.4. The maximum absolute atomic E-state index is 12.1. The minimum Gasteiger partial charge on any atom is -0.494 e. The van der Waals surface area contributed by atoms with Crippen LogP contribution in [0.5, 0.6) is 5.75 Å². The Morgan fingerprint density at radius 1 is 1.29 bits per heavy atom. The SMILES string of the molecule is CCOc1ccc(NC(=O)/C(C#N)=C\Nc2cccc(C)n2)cc1. The molecule has 0 atom stereocenters. The van der Waals surface area contributed by atoms with Gasteiger partial charge in [-0.15, -0.1) is 0 Å². The molecule has 1 aromatic carbocycles. The monoisotopic (exact) mass is 322 g/mol. The Bertz CT molecular complexity index is 776. The van der Waals surface area contributed by atoms with Gasteiger partial charge in [0.2, 0.25) is 0 Å². The van der Waals surface area contributed by atoms with Gasteiger partial charge < -0.3 is 15.4 Å². The molecule has 1 aromatic heterocycles. The highest BCUT2D eigenvalue weighted by atomic mass is 16.5. The first kappa shape index (κ1) is 17.0. The van der Waals surface area contributed by atoms with Crippen LogP contribution in [-0.4, -0.2) is 17.5 Å². The van der Waals surface area contributed by atoms with Crippen molar-refractivity contribution in [1.82, 2.24) is 4.98 Å². The summed E-state index contributed by atoms with van der Waals surface area (Å²) in [4.78, 5) is 16.4. The minimum atomic E-state index is -0.498. The van der Waals surface area contributed by atoms with Gasteiger partial charge in [0.15, 0.2) is 0 Å². The summed E-state index contributed by atoms with van der Waals surface area (Å²) in [5.41, 5.74) is 1.37. The number of hydrogen-bond donors (Lipinski definition) is 2. The molecule has 0 radical (unpaired) electrons. The van der Waals surface area contributed by atoms with E-state index >= 15 is 0 Å². The van der Waals surface area contributed by atoms with Crippen LogP contribution in [0, 0.1) is 18.3 Å². The summed E-state index contributed by atoms with van der Waals surface area (Å²) >= 11 is 0. The van der Waals surface area contributed by atoms with E-state index in [1.165, 1.54) is 6.20 Å². The second kappa shape index (κ2) is 8.34. The number of pyridine rings is 1. The molecule has 1 heterocycles. The third-order valence-corrected chi connectivity index (χ3v) is 3.04. The van der Waals surface area contributed by atoms with Crippen LogP contribution in [0.2, 0.25) is 0 Å². The van der Waals surface area contributed by atoms with E-state index in [1.807, 2.05) is 32.0 Å². The van der Waals surface area contributed by atoms with Gasteiger partial charge >= 0.3 is 0 Å². The summed E-state index contributed by atoms with van der Waals surface area (Å²) in [6.07, 6.45) is 1.34. The zero-order valence-electron chi connectivity index (χ0n) is 13.5. The lowest BCUT2D eigenvalue weighted by molar-refractivity contribution is -0.112. The number of benzene rings is 1. The number of rotatable bonds is 6. The number of nitrogens with zero attached hydrogens (tertiary/aromatic N) is 2. The fraction of sp³-hybridized carbons (Fsp3) is 0.167. The van der Waals surface area contributed by atoms with Crippen LogP contribution >= 0.6 is 0 Å². The van der Waals surface area contributed by atoms with Gasteiger partial charge in [0.1, 0.15) is 23.2 Å². The third kappa shape index (κ3) is 4.85. The smallest absolute Gasteiger partial charge is 0.267 e. The van der Waals surface area contributed by atoms with Crippen LogP contribution in [0.4, 0.5) is 11.5 Å². The molecule has 2 aromatic rings. The Morgan fingerprint density at radius 2 is 2.04 bits per heavy atom. The summed E-state index contributed by atoms with van der Waals surface area (Å²) < 4.78 is 5.34. The molecule has 24 heavy (non-hydrogen) atoms. The van der Waals surface area contributed by atoms with Gasteiger partial charge in [0.05, 0.1) is 6.61 Å². The number of anilines is 2. The van der Waals surface area contributed by atoms with Gasteiger partial charge in [-0.2, -0.15) is 5.26 Å². The lowest BCUT2D eigenvalue weighted by Crippen LogP contribution is -2.14. The summed E-state index contributed by atoms with van der Waals surface area (Å²) in [6.45, 7) is 4.33. The predicted molar refractivity (Wildman–Crippen MR) is 92.5 cm³/mol. The van der Waals surface area contributed by atoms with Gasteiger partial charge in [-0.1, -0.05) is 6.07 Å². The molecule has 122 valence electrons. The Kier molecular flexibility index (Phi) is 5.92. The van der Waals surface area contributed by atoms with Gasteiger partial charge in [-0.25, -0.2) is 4.98 Å². The predicted octanol–water partition coefficient (Wildman–Crippen LogP) is 3.25. The number of aromatic nitrogens is 1. The fourth-order valence-electron chi connectivity index (χ4n) is 1.92. The molecule has 2 N–H and O–H groups in total. The summed E-state index contributed by atoms with van der Waals surface area (Å²) in [5, 5.41) is 14.7. The van der Waals surface area contributed by atoms with Crippen LogP contribution < -0.4 is 15.4 Å². The Hall–Kier alpha value is -3.33. The van der Waals surface area contributed by atoms with E-state index in [9.17, 15) is 4.79 Å². The highest BCUT2D eigenvalue weighted by molar-refractivity contribution is 6.06. The maximum Gasteiger partial charge on any atom is 0.267 e. The second-order valence-electron chi connectivity index (χ2n) is 4.89. The van der Waals surface area contributed by atoms with Crippen molar-refractivity contribution in [1.29, 1.82) is 5.26 Å². The van der Waals surface area contributed by atoms with E-state index in [2.05, 4.69) is 15.6 Å². The van der Waals surface area contributed by atoms with Gasteiger partial charge in [-0.05, 0) is 50.2 Å². The zero-order valence-corrected chi connectivity index (χ0v) is 13.5. The number of amides is 1. The molecule has 1 amide bonds. The van der Waals surface area contributed by atoms with Crippen molar-refractivity contribution < 1.29 is 9.53 Å². The molecule has 0 saturated heterocycles. The van der Waals surface area contributed by atoms with Crippen LogP contribution in [-0.2, 0) is 4.79 Å². The first-order valence-electron chi connectivity index (χ1n) is 7.47. The molecule has 0 bridgehead atoms. The van der Waals surface area contributed by atoms with E-state index in [0.29, 0.717) is 18.1 Å². The standard InChI is InChI=1S/C18H18N4O2/c1-3-24-16-9-7-15(8-10-16)22-18(23)14(11-19)12-20-17-6-4-5-13(2)21-17/h4-10,12H,3H2,1-2H3,(H,20,21)(H,22,23)/b14-12-.